The second kappa shape index (κ2) is 10.9. The number of methoxy groups -OCH3 is 2. The molecule has 176 valence electrons. The Morgan fingerprint density at radius 2 is 1.91 bits per heavy atom. The van der Waals surface area contributed by atoms with E-state index in [0.29, 0.717) is 50.5 Å². The highest BCUT2D eigenvalue weighted by Gasteiger charge is 2.16. The molecule has 0 fully saturated rings. The van der Waals surface area contributed by atoms with Crippen molar-refractivity contribution < 1.29 is 14.3 Å². The molecule has 10 heteroatoms. The number of amides is 1. The van der Waals surface area contributed by atoms with Crippen LogP contribution in [0.3, 0.4) is 0 Å². The fourth-order valence-electron chi connectivity index (χ4n) is 3.39. The first-order valence-corrected chi connectivity index (χ1v) is 12.6. The maximum absolute atomic E-state index is 13.1. The predicted octanol–water partition coefficient (Wildman–Crippen LogP) is 5.10. The van der Waals surface area contributed by atoms with E-state index in [0.717, 1.165) is 5.56 Å². The first kappa shape index (κ1) is 24.1. The van der Waals surface area contributed by atoms with E-state index in [1.807, 2.05) is 41.8 Å². The van der Waals surface area contributed by atoms with Gasteiger partial charge < -0.3 is 14.8 Å². The van der Waals surface area contributed by atoms with Crippen molar-refractivity contribution in [1.29, 1.82) is 0 Å². The zero-order valence-electron chi connectivity index (χ0n) is 18.5. The molecule has 0 saturated heterocycles. The van der Waals surface area contributed by atoms with Crippen molar-refractivity contribution in [3.05, 3.63) is 74.9 Å². The van der Waals surface area contributed by atoms with Crippen LogP contribution in [0.4, 0.5) is 5.69 Å². The molecule has 0 aliphatic carbocycles. The highest BCUT2D eigenvalue weighted by Crippen LogP contribution is 2.36. The van der Waals surface area contributed by atoms with Crippen molar-refractivity contribution in [3.8, 4) is 11.5 Å². The lowest BCUT2D eigenvalue weighted by Gasteiger charge is -2.14. The number of nitrogens with one attached hydrogen (secondary N) is 1. The van der Waals surface area contributed by atoms with Gasteiger partial charge in [-0.05, 0) is 29.5 Å². The number of carbonyl (C=O) groups excluding carboxylic acids is 1. The van der Waals surface area contributed by atoms with E-state index in [1.165, 1.54) is 37.3 Å². The molecular formula is C24H22ClN3O4S2. The zero-order valence-corrected chi connectivity index (χ0v) is 20.9. The molecule has 2 heterocycles. The van der Waals surface area contributed by atoms with Gasteiger partial charge in [0, 0.05) is 12.6 Å². The highest BCUT2D eigenvalue weighted by molar-refractivity contribution is 7.99. The Labute approximate surface area is 209 Å². The van der Waals surface area contributed by atoms with E-state index in [9.17, 15) is 9.59 Å². The number of anilines is 1. The van der Waals surface area contributed by atoms with Gasteiger partial charge in [-0.3, -0.25) is 14.2 Å². The molecule has 0 saturated carbocycles. The molecule has 1 N–H and O–H groups in total. The van der Waals surface area contributed by atoms with Gasteiger partial charge >= 0.3 is 0 Å². The average Bonchev–Trinajstić information content (AvgIpc) is 3.32. The smallest absolute Gasteiger partial charge is 0.272 e. The van der Waals surface area contributed by atoms with Crippen molar-refractivity contribution in [2.45, 2.75) is 18.1 Å². The summed E-state index contributed by atoms with van der Waals surface area (Å²) in [4.78, 5) is 30.5. The summed E-state index contributed by atoms with van der Waals surface area (Å²) in [5, 5.41) is 5.51. The van der Waals surface area contributed by atoms with Gasteiger partial charge in [-0.15, -0.1) is 11.3 Å². The number of ether oxygens (including phenoxy) is 2. The van der Waals surface area contributed by atoms with Gasteiger partial charge in [-0.25, -0.2) is 4.98 Å². The van der Waals surface area contributed by atoms with Crippen LogP contribution in [0.1, 0.15) is 5.56 Å². The van der Waals surface area contributed by atoms with Gasteiger partial charge in [0.15, 0.2) is 5.16 Å². The van der Waals surface area contributed by atoms with E-state index in [1.54, 1.807) is 16.7 Å². The lowest BCUT2D eigenvalue weighted by molar-refractivity contribution is -0.113. The molecule has 4 aromatic rings. The molecule has 0 aliphatic rings. The van der Waals surface area contributed by atoms with Gasteiger partial charge in [0.25, 0.3) is 5.56 Å². The second-order valence-corrected chi connectivity index (χ2v) is 9.51. The number of nitrogens with zero attached hydrogens (tertiary/aromatic N) is 2. The van der Waals surface area contributed by atoms with Crippen LogP contribution in [0.2, 0.25) is 5.02 Å². The maximum Gasteiger partial charge on any atom is 0.272 e. The number of hydrogen-bond donors (Lipinski definition) is 1. The summed E-state index contributed by atoms with van der Waals surface area (Å²) in [6.45, 7) is 0.468. The Balaban J connectivity index is 1.53. The van der Waals surface area contributed by atoms with E-state index < -0.39 is 0 Å². The minimum Gasteiger partial charge on any atom is -0.495 e. The van der Waals surface area contributed by atoms with Crippen molar-refractivity contribution in [2.24, 2.45) is 0 Å². The fourth-order valence-corrected chi connectivity index (χ4v) is 5.24. The molecule has 7 nitrogen and oxygen atoms in total. The summed E-state index contributed by atoms with van der Waals surface area (Å²) >= 11 is 8.78. The molecule has 0 spiro atoms. The number of halogens is 1. The van der Waals surface area contributed by atoms with Gasteiger partial charge in [0.05, 0.1) is 36.2 Å². The number of carbonyl (C=O) groups is 1. The third-order valence-corrected chi connectivity index (χ3v) is 7.24. The van der Waals surface area contributed by atoms with Crippen LogP contribution in [0.25, 0.3) is 10.2 Å². The standard InChI is InChI=1S/C24H22ClN3O4S2/c1-31-19-13-20(32-2)18(12-16(19)25)26-21(29)14-34-24-27-17-9-11-33-22(17)23(30)28(24)10-8-15-6-4-3-5-7-15/h3-7,9,11-13H,8,10,14H2,1-2H3,(H,26,29). The number of hydrogen-bond acceptors (Lipinski definition) is 7. The van der Waals surface area contributed by atoms with Crippen molar-refractivity contribution in [1.82, 2.24) is 9.55 Å². The Kier molecular flexibility index (Phi) is 7.77. The Morgan fingerprint density at radius 1 is 1.15 bits per heavy atom. The first-order valence-electron chi connectivity index (χ1n) is 10.4. The molecule has 0 aliphatic heterocycles. The Hall–Kier alpha value is -3.01. The van der Waals surface area contributed by atoms with Gasteiger partial charge in [0.1, 0.15) is 16.2 Å². The number of thiophene rings is 1. The third kappa shape index (κ3) is 5.38. The lowest BCUT2D eigenvalue weighted by atomic mass is 10.1. The number of fused-ring (bicyclic) bond motifs is 1. The van der Waals surface area contributed by atoms with Crippen LogP contribution in [-0.4, -0.2) is 35.4 Å². The summed E-state index contributed by atoms with van der Waals surface area (Å²) in [5.74, 6) is 0.651. The van der Waals surface area contributed by atoms with E-state index in [4.69, 9.17) is 21.1 Å². The van der Waals surface area contributed by atoms with Crippen LogP contribution in [-0.2, 0) is 17.8 Å². The van der Waals surface area contributed by atoms with E-state index in [-0.39, 0.29) is 17.2 Å². The molecular weight excluding hydrogens is 494 g/mol. The summed E-state index contributed by atoms with van der Waals surface area (Å²) in [6, 6.07) is 14.9. The minimum absolute atomic E-state index is 0.0558. The molecule has 1 amide bonds. The first-order chi connectivity index (χ1) is 16.5. The summed E-state index contributed by atoms with van der Waals surface area (Å²) in [6.07, 6.45) is 0.681. The molecule has 2 aromatic carbocycles. The topological polar surface area (TPSA) is 82.5 Å². The zero-order chi connectivity index (χ0) is 24.1. The average molecular weight is 516 g/mol. The molecule has 2 aromatic heterocycles. The predicted molar refractivity (Wildman–Crippen MR) is 138 cm³/mol. The number of aryl methyl sites for hydroxylation is 1. The van der Waals surface area contributed by atoms with Crippen LogP contribution < -0.4 is 20.3 Å². The van der Waals surface area contributed by atoms with Crippen molar-refractivity contribution >= 4 is 56.5 Å². The lowest BCUT2D eigenvalue weighted by Crippen LogP contribution is -2.24. The van der Waals surface area contributed by atoms with Crippen molar-refractivity contribution in [3.63, 3.8) is 0 Å². The minimum atomic E-state index is -0.279. The SMILES string of the molecule is COc1cc(OC)c(NC(=O)CSc2nc3ccsc3c(=O)n2CCc2ccccc2)cc1Cl. The molecule has 0 bridgehead atoms. The van der Waals surface area contributed by atoms with E-state index in [2.05, 4.69) is 10.3 Å². The number of rotatable bonds is 9. The second-order valence-electron chi connectivity index (χ2n) is 7.25. The van der Waals surface area contributed by atoms with Crippen LogP contribution in [0.5, 0.6) is 11.5 Å². The number of thioether (sulfide) groups is 1. The Morgan fingerprint density at radius 3 is 2.65 bits per heavy atom. The summed E-state index contributed by atoms with van der Waals surface area (Å²) < 4.78 is 12.8. The summed E-state index contributed by atoms with van der Waals surface area (Å²) in [7, 11) is 3.00. The highest BCUT2D eigenvalue weighted by atomic mass is 35.5. The van der Waals surface area contributed by atoms with Gasteiger partial charge in [-0.2, -0.15) is 0 Å². The van der Waals surface area contributed by atoms with Gasteiger partial charge in [-0.1, -0.05) is 53.7 Å². The molecule has 0 unspecified atom stereocenters. The monoisotopic (exact) mass is 515 g/mol. The molecule has 4 rings (SSSR count). The maximum atomic E-state index is 13.1. The van der Waals surface area contributed by atoms with Gasteiger partial charge in [0.2, 0.25) is 5.91 Å². The number of benzene rings is 2. The van der Waals surface area contributed by atoms with Crippen molar-refractivity contribution in [2.75, 3.05) is 25.3 Å². The number of aromatic nitrogens is 2. The quantitative estimate of drug-likeness (QED) is 0.246. The Bertz CT molecular complexity index is 1370. The van der Waals surface area contributed by atoms with Crippen LogP contribution in [0, 0.1) is 0 Å². The molecule has 0 atom stereocenters. The van der Waals surface area contributed by atoms with Crippen LogP contribution >= 0.6 is 34.7 Å². The normalized spacial score (nSPS) is 10.9. The molecule has 34 heavy (non-hydrogen) atoms. The fraction of sp³-hybridized carbons (Fsp3) is 0.208. The third-order valence-electron chi connectivity index (χ3n) is 5.08. The summed E-state index contributed by atoms with van der Waals surface area (Å²) in [5.41, 5.74) is 2.10. The molecule has 0 radical (unpaired) electrons. The van der Waals surface area contributed by atoms with E-state index >= 15 is 0 Å². The largest absolute Gasteiger partial charge is 0.495 e. The van der Waals surface area contributed by atoms with Crippen LogP contribution in [0.15, 0.2) is 63.9 Å².